The van der Waals surface area contributed by atoms with E-state index in [2.05, 4.69) is 60.4 Å². The summed E-state index contributed by atoms with van der Waals surface area (Å²) in [6.45, 7) is 2.08. The molecule has 3 nitrogen and oxygen atoms in total. The van der Waals surface area contributed by atoms with Crippen LogP contribution >= 0.6 is 0 Å². The highest BCUT2D eigenvalue weighted by Gasteiger charge is 2.13. The van der Waals surface area contributed by atoms with Gasteiger partial charge in [-0.25, -0.2) is 0 Å². The average molecular weight is 367 g/mol. The summed E-state index contributed by atoms with van der Waals surface area (Å²) in [5, 5.41) is 19.3. The first-order valence-electron chi connectivity index (χ1n) is 9.15. The molecule has 0 fully saturated rings. The molecule has 0 saturated carbocycles. The number of anilines is 3. The molecule has 0 radical (unpaired) electrons. The summed E-state index contributed by atoms with van der Waals surface area (Å²) >= 11 is 0. The maximum atomic E-state index is 9.65. The monoisotopic (exact) mass is 367 g/mol. The fourth-order valence-corrected chi connectivity index (χ4v) is 3.20. The van der Waals surface area contributed by atoms with Crippen LogP contribution in [0.3, 0.4) is 0 Å². The molecule has 4 aromatic carbocycles. The highest BCUT2D eigenvalue weighted by Crippen LogP contribution is 2.36. The van der Waals surface area contributed by atoms with Crippen molar-refractivity contribution in [3.63, 3.8) is 0 Å². The molecule has 0 atom stereocenters. The number of aromatic hydroxyl groups is 2. The molecule has 28 heavy (non-hydrogen) atoms. The van der Waals surface area contributed by atoms with Gasteiger partial charge >= 0.3 is 0 Å². The van der Waals surface area contributed by atoms with E-state index in [-0.39, 0.29) is 11.5 Å². The number of phenols is 2. The van der Waals surface area contributed by atoms with Gasteiger partial charge in [0.05, 0.1) is 0 Å². The summed E-state index contributed by atoms with van der Waals surface area (Å²) in [4.78, 5) is 2.08. The lowest BCUT2D eigenvalue weighted by Crippen LogP contribution is -2.09. The van der Waals surface area contributed by atoms with Crippen molar-refractivity contribution in [2.45, 2.75) is 6.92 Å². The zero-order valence-electron chi connectivity index (χ0n) is 15.6. The number of hydrogen-bond donors (Lipinski definition) is 2. The Hall–Kier alpha value is -3.72. The van der Waals surface area contributed by atoms with Gasteiger partial charge in [0.1, 0.15) is 11.5 Å². The lowest BCUT2D eigenvalue weighted by atomic mass is 10.0. The molecule has 0 unspecified atom stereocenters. The second kappa shape index (κ2) is 7.49. The Morgan fingerprint density at radius 1 is 0.464 bits per heavy atom. The zero-order valence-corrected chi connectivity index (χ0v) is 15.6. The summed E-state index contributed by atoms with van der Waals surface area (Å²) in [6, 6.07) is 31.0. The predicted octanol–water partition coefficient (Wildman–Crippen LogP) is 6.54. The van der Waals surface area contributed by atoms with Gasteiger partial charge in [-0.05, 0) is 78.7 Å². The smallest absolute Gasteiger partial charge is 0.115 e. The number of hydrogen-bond acceptors (Lipinski definition) is 3. The number of nitrogens with zero attached hydrogens (tertiary/aromatic N) is 1. The van der Waals surface area contributed by atoms with E-state index in [4.69, 9.17) is 0 Å². The van der Waals surface area contributed by atoms with Crippen LogP contribution in [0.2, 0.25) is 0 Å². The maximum absolute atomic E-state index is 9.65. The molecule has 3 heteroatoms. The SMILES string of the molecule is Cc1ccc(-c2ccc(N(c3ccc(O)cc3)c3ccc(O)cc3)cc2)cc1. The minimum atomic E-state index is 0.226. The lowest BCUT2D eigenvalue weighted by Gasteiger charge is -2.25. The number of benzene rings is 4. The molecule has 4 rings (SSSR count). The van der Waals surface area contributed by atoms with E-state index in [1.165, 1.54) is 11.1 Å². The normalized spacial score (nSPS) is 10.6. The third-order valence-electron chi connectivity index (χ3n) is 4.73. The van der Waals surface area contributed by atoms with Gasteiger partial charge in [0.15, 0.2) is 0 Å². The van der Waals surface area contributed by atoms with Crippen LogP contribution in [-0.4, -0.2) is 10.2 Å². The highest BCUT2D eigenvalue weighted by atomic mass is 16.3. The van der Waals surface area contributed by atoms with Gasteiger partial charge in [-0.3, -0.25) is 0 Å². The number of aryl methyl sites for hydroxylation is 1. The van der Waals surface area contributed by atoms with Crippen LogP contribution in [0.1, 0.15) is 5.56 Å². The van der Waals surface area contributed by atoms with Crippen LogP contribution in [0.15, 0.2) is 97.1 Å². The molecule has 0 saturated heterocycles. The van der Waals surface area contributed by atoms with Gasteiger partial charge in [0.2, 0.25) is 0 Å². The van der Waals surface area contributed by atoms with Crippen molar-refractivity contribution in [3.05, 3.63) is 103 Å². The molecular formula is C25H21NO2. The second-order valence-corrected chi connectivity index (χ2v) is 6.78. The van der Waals surface area contributed by atoms with Crippen molar-refractivity contribution >= 4 is 17.1 Å². The third kappa shape index (κ3) is 3.69. The van der Waals surface area contributed by atoms with Gasteiger partial charge in [-0.2, -0.15) is 0 Å². The van der Waals surface area contributed by atoms with Crippen molar-refractivity contribution in [3.8, 4) is 22.6 Å². The van der Waals surface area contributed by atoms with Crippen LogP contribution in [0.4, 0.5) is 17.1 Å². The van der Waals surface area contributed by atoms with E-state index in [1.54, 1.807) is 24.3 Å². The van der Waals surface area contributed by atoms with Crippen molar-refractivity contribution in [1.29, 1.82) is 0 Å². The molecule has 138 valence electrons. The summed E-state index contributed by atoms with van der Waals surface area (Å²) < 4.78 is 0. The minimum Gasteiger partial charge on any atom is -0.508 e. The molecule has 2 N–H and O–H groups in total. The highest BCUT2D eigenvalue weighted by molar-refractivity contribution is 5.78. The Labute approximate surface area is 164 Å². The molecule has 0 aliphatic carbocycles. The first-order valence-corrected chi connectivity index (χ1v) is 9.15. The van der Waals surface area contributed by atoms with Gasteiger partial charge < -0.3 is 15.1 Å². The van der Waals surface area contributed by atoms with E-state index in [0.717, 1.165) is 22.6 Å². The second-order valence-electron chi connectivity index (χ2n) is 6.78. The molecule has 0 amide bonds. The van der Waals surface area contributed by atoms with Crippen LogP contribution in [-0.2, 0) is 0 Å². The molecule has 0 heterocycles. The fraction of sp³-hybridized carbons (Fsp3) is 0.0400. The van der Waals surface area contributed by atoms with E-state index in [1.807, 2.05) is 24.3 Å². The molecule has 0 spiro atoms. The molecule has 0 aliphatic rings. The Kier molecular flexibility index (Phi) is 4.73. The number of phenolic OH excluding ortho intramolecular Hbond substituents is 2. The van der Waals surface area contributed by atoms with Gasteiger partial charge in [0, 0.05) is 17.1 Å². The first-order chi connectivity index (χ1) is 13.6. The van der Waals surface area contributed by atoms with E-state index in [0.29, 0.717) is 0 Å². The van der Waals surface area contributed by atoms with Crippen molar-refractivity contribution in [2.75, 3.05) is 4.90 Å². The summed E-state index contributed by atoms with van der Waals surface area (Å²) in [5.41, 5.74) is 6.41. The van der Waals surface area contributed by atoms with Crippen molar-refractivity contribution < 1.29 is 10.2 Å². The Bertz CT molecular complexity index is 1010. The molecule has 4 aromatic rings. The maximum Gasteiger partial charge on any atom is 0.115 e. The van der Waals surface area contributed by atoms with Gasteiger partial charge in [-0.1, -0.05) is 42.0 Å². The average Bonchev–Trinajstić information content (AvgIpc) is 2.72. The standard InChI is InChI=1S/C25H21NO2/c1-18-2-4-19(5-3-18)20-6-8-21(9-7-20)26(22-10-14-24(27)15-11-22)23-12-16-25(28)17-13-23/h2-17,27-28H,1H3. The first kappa shape index (κ1) is 17.7. The Balaban J connectivity index is 1.74. The largest absolute Gasteiger partial charge is 0.508 e. The third-order valence-corrected chi connectivity index (χ3v) is 4.73. The zero-order chi connectivity index (χ0) is 19.5. The van der Waals surface area contributed by atoms with Crippen LogP contribution in [0, 0.1) is 6.92 Å². The molecular weight excluding hydrogens is 346 g/mol. The molecule has 0 aliphatic heterocycles. The van der Waals surface area contributed by atoms with E-state index >= 15 is 0 Å². The van der Waals surface area contributed by atoms with E-state index < -0.39 is 0 Å². The summed E-state index contributed by atoms with van der Waals surface area (Å²) in [5.74, 6) is 0.452. The summed E-state index contributed by atoms with van der Waals surface area (Å²) in [6.07, 6.45) is 0. The van der Waals surface area contributed by atoms with Crippen LogP contribution in [0.25, 0.3) is 11.1 Å². The van der Waals surface area contributed by atoms with Gasteiger partial charge in [-0.15, -0.1) is 0 Å². The van der Waals surface area contributed by atoms with Crippen molar-refractivity contribution in [1.82, 2.24) is 0 Å². The number of rotatable bonds is 4. The minimum absolute atomic E-state index is 0.226. The Morgan fingerprint density at radius 2 is 0.786 bits per heavy atom. The van der Waals surface area contributed by atoms with E-state index in [9.17, 15) is 10.2 Å². The fourth-order valence-electron chi connectivity index (χ4n) is 3.20. The quantitative estimate of drug-likeness (QED) is 0.430. The Morgan fingerprint density at radius 3 is 1.18 bits per heavy atom. The van der Waals surface area contributed by atoms with Crippen LogP contribution in [0.5, 0.6) is 11.5 Å². The van der Waals surface area contributed by atoms with Gasteiger partial charge in [0.25, 0.3) is 0 Å². The predicted molar refractivity (Wildman–Crippen MR) is 115 cm³/mol. The molecule has 0 bridgehead atoms. The molecule has 0 aromatic heterocycles. The lowest BCUT2D eigenvalue weighted by molar-refractivity contribution is 0.475. The van der Waals surface area contributed by atoms with Crippen molar-refractivity contribution in [2.24, 2.45) is 0 Å². The summed E-state index contributed by atoms with van der Waals surface area (Å²) in [7, 11) is 0. The topological polar surface area (TPSA) is 43.7 Å². The van der Waals surface area contributed by atoms with Crippen LogP contribution < -0.4 is 4.90 Å².